The molecule has 0 aromatic rings. The van der Waals surface area contributed by atoms with Gasteiger partial charge >= 0.3 is 6.16 Å². The molecule has 2 rings (SSSR count). The summed E-state index contributed by atoms with van der Waals surface area (Å²) in [5, 5.41) is 1.54. The van der Waals surface area contributed by atoms with Crippen molar-refractivity contribution in [2.45, 2.75) is 5.54 Å². The Hall–Kier alpha value is -1.33. The van der Waals surface area contributed by atoms with Crippen LogP contribution in [-0.2, 0) is 9.57 Å². The average Bonchev–Trinajstić information content (AvgIpc) is 2.53. The molecule has 0 aromatic carbocycles. The Morgan fingerprint density at radius 2 is 2.40 bits per heavy atom. The summed E-state index contributed by atoms with van der Waals surface area (Å²) in [6, 6.07) is 0. The first-order chi connectivity index (χ1) is 7.14. The van der Waals surface area contributed by atoms with E-state index in [1.807, 2.05) is 24.3 Å². The molecule has 1 aliphatic carbocycles. The Bertz CT molecular complexity index is 327. The van der Waals surface area contributed by atoms with Gasteiger partial charge in [0, 0.05) is 12.5 Å². The van der Waals surface area contributed by atoms with Crippen molar-refractivity contribution in [2.24, 2.45) is 11.7 Å². The maximum Gasteiger partial charge on any atom is 0.527 e. The molecule has 0 radical (unpaired) electrons. The van der Waals surface area contributed by atoms with Gasteiger partial charge in [-0.25, -0.2) is 4.79 Å². The Kier molecular flexibility index (Phi) is 2.50. The van der Waals surface area contributed by atoms with Crippen LogP contribution in [0.3, 0.4) is 0 Å². The molecule has 1 heterocycles. The van der Waals surface area contributed by atoms with Crippen molar-refractivity contribution in [2.75, 3.05) is 20.2 Å². The zero-order valence-electron chi connectivity index (χ0n) is 8.55. The number of hydrogen-bond acceptors (Lipinski definition) is 5. The normalized spacial score (nSPS) is 33.9. The third-order valence-electron chi connectivity index (χ3n) is 2.77. The van der Waals surface area contributed by atoms with Gasteiger partial charge in [0.25, 0.3) is 0 Å². The minimum Gasteiger partial charge on any atom is -0.436 e. The van der Waals surface area contributed by atoms with E-state index in [-0.39, 0.29) is 5.92 Å². The molecule has 1 saturated heterocycles. The van der Waals surface area contributed by atoms with Crippen LogP contribution in [0, 0.1) is 5.92 Å². The van der Waals surface area contributed by atoms with Crippen molar-refractivity contribution >= 4 is 6.16 Å². The molecule has 0 spiro atoms. The number of carbonyl (C=O) groups excluding carboxylic acids is 1. The summed E-state index contributed by atoms with van der Waals surface area (Å²) in [5.41, 5.74) is 5.73. The average molecular weight is 210 g/mol. The lowest BCUT2D eigenvalue weighted by Gasteiger charge is -2.26. The second-order valence-electron chi connectivity index (χ2n) is 3.83. The fourth-order valence-corrected chi connectivity index (χ4v) is 1.94. The smallest absolute Gasteiger partial charge is 0.436 e. The quantitative estimate of drug-likeness (QED) is 0.636. The number of methoxy groups -OCH3 is 1. The lowest BCUT2D eigenvalue weighted by molar-refractivity contribution is -0.111. The summed E-state index contributed by atoms with van der Waals surface area (Å²) >= 11 is 0. The first-order valence-electron chi connectivity index (χ1n) is 4.80. The van der Waals surface area contributed by atoms with E-state index < -0.39 is 11.7 Å². The maximum absolute atomic E-state index is 10.9. The van der Waals surface area contributed by atoms with E-state index in [4.69, 9.17) is 10.6 Å². The van der Waals surface area contributed by atoms with E-state index in [0.29, 0.717) is 13.1 Å². The molecule has 15 heavy (non-hydrogen) atoms. The molecule has 0 amide bonds. The second kappa shape index (κ2) is 3.67. The Balaban J connectivity index is 2.02. The number of allylic oxidation sites excluding steroid dienone is 2. The van der Waals surface area contributed by atoms with E-state index >= 15 is 0 Å². The van der Waals surface area contributed by atoms with Gasteiger partial charge in [0.2, 0.25) is 0 Å². The number of rotatable bonds is 1. The van der Waals surface area contributed by atoms with Crippen LogP contribution in [0.15, 0.2) is 24.3 Å². The van der Waals surface area contributed by atoms with Gasteiger partial charge < -0.3 is 15.3 Å². The molecule has 2 unspecified atom stereocenters. The number of nitrogens with two attached hydrogens (primary N) is 1. The molecule has 0 saturated carbocycles. The van der Waals surface area contributed by atoms with Crippen LogP contribution in [0.5, 0.6) is 0 Å². The van der Waals surface area contributed by atoms with Gasteiger partial charge in [-0.15, -0.1) is 5.06 Å². The number of nitrogens with zero attached hydrogens (tertiary/aromatic N) is 1. The molecule has 2 atom stereocenters. The molecule has 5 heteroatoms. The molecular formula is C10H14N2O3. The number of hydrogen-bond donors (Lipinski definition) is 1. The van der Waals surface area contributed by atoms with Crippen LogP contribution in [0.4, 0.5) is 4.79 Å². The standard InChI is InChI=1S/C10H14N2O3/c1-14-9(13)15-12-6-8-4-2-3-5-10(8,11)7-12/h2-5,8H,6-7,11H2,1H3. The van der Waals surface area contributed by atoms with Gasteiger partial charge in [-0.3, -0.25) is 0 Å². The molecule has 1 fully saturated rings. The highest BCUT2D eigenvalue weighted by atomic mass is 16.8. The van der Waals surface area contributed by atoms with Crippen molar-refractivity contribution in [1.82, 2.24) is 5.06 Å². The fraction of sp³-hybridized carbons (Fsp3) is 0.500. The minimum atomic E-state index is -0.704. The van der Waals surface area contributed by atoms with Gasteiger partial charge in [-0.1, -0.05) is 24.3 Å². The topological polar surface area (TPSA) is 64.8 Å². The Morgan fingerprint density at radius 3 is 3.07 bits per heavy atom. The zero-order valence-corrected chi connectivity index (χ0v) is 8.55. The lowest BCUT2D eigenvalue weighted by Crippen LogP contribution is -2.46. The second-order valence-corrected chi connectivity index (χ2v) is 3.83. The molecule has 1 aliphatic heterocycles. The predicted octanol–water partition coefficient (Wildman–Crippen LogP) is 0.440. The third-order valence-corrected chi connectivity index (χ3v) is 2.77. The molecule has 2 aliphatic rings. The number of hydroxylamine groups is 2. The molecule has 2 N–H and O–H groups in total. The van der Waals surface area contributed by atoms with Crippen molar-refractivity contribution in [3.05, 3.63) is 24.3 Å². The molecule has 82 valence electrons. The van der Waals surface area contributed by atoms with Crippen molar-refractivity contribution in [3.63, 3.8) is 0 Å². The maximum atomic E-state index is 10.9. The summed E-state index contributed by atoms with van der Waals surface area (Å²) in [4.78, 5) is 15.9. The van der Waals surface area contributed by atoms with Crippen LogP contribution in [0.1, 0.15) is 0 Å². The van der Waals surface area contributed by atoms with Crippen LogP contribution < -0.4 is 5.73 Å². The van der Waals surface area contributed by atoms with Crippen molar-refractivity contribution in [3.8, 4) is 0 Å². The summed E-state index contributed by atoms with van der Waals surface area (Å²) in [6.45, 7) is 1.10. The Labute approximate surface area is 88.1 Å². The largest absolute Gasteiger partial charge is 0.527 e. The predicted molar refractivity (Wildman–Crippen MR) is 53.8 cm³/mol. The van der Waals surface area contributed by atoms with E-state index in [0.717, 1.165) is 0 Å². The highest BCUT2D eigenvalue weighted by molar-refractivity contribution is 5.59. The van der Waals surface area contributed by atoms with E-state index in [9.17, 15) is 4.79 Å². The van der Waals surface area contributed by atoms with Gasteiger partial charge in [-0.2, -0.15) is 0 Å². The van der Waals surface area contributed by atoms with Gasteiger partial charge in [0.1, 0.15) is 0 Å². The molecule has 0 bridgehead atoms. The fourth-order valence-electron chi connectivity index (χ4n) is 1.94. The van der Waals surface area contributed by atoms with Crippen LogP contribution in [0.2, 0.25) is 0 Å². The highest BCUT2D eigenvalue weighted by Crippen LogP contribution is 2.30. The monoisotopic (exact) mass is 210 g/mol. The third kappa shape index (κ3) is 1.88. The highest BCUT2D eigenvalue weighted by Gasteiger charge is 2.43. The van der Waals surface area contributed by atoms with Crippen LogP contribution >= 0.6 is 0 Å². The number of ether oxygens (including phenoxy) is 1. The summed E-state index contributed by atoms with van der Waals surface area (Å²) < 4.78 is 4.42. The van der Waals surface area contributed by atoms with Gasteiger partial charge in [0.05, 0.1) is 19.2 Å². The lowest BCUT2D eigenvalue weighted by atomic mass is 9.85. The van der Waals surface area contributed by atoms with Crippen LogP contribution in [-0.4, -0.2) is 37.0 Å². The van der Waals surface area contributed by atoms with Gasteiger partial charge in [-0.05, 0) is 0 Å². The van der Waals surface area contributed by atoms with Crippen molar-refractivity contribution in [1.29, 1.82) is 0 Å². The van der Waals surface area contributed by atoms with Gasteiger partial charge in [0.15, 0.2) is 0 Å². The van der Waals surface area contributed by atoms with E-state index in [2.05, 4.69) is 4.74 Å². The van der Waals surface area contributed by atoms with Crippen molar-refractivity contribution < 1.29 is 14.4 Å². The summed E-state index contributed by atoms with van der Waals surface area (Å²) in [5.74, 6) is 0.187. The first-order valence-corrected chi connectivity index (χ1v) is 4.80. The molecule has 0 aromatic heterocycles. The number of carbonyl (C=O) groups is 1. The number of fused-ring (bicyclic) bond motifs is 1. The molecule has 5 nitrogen and oxygen atoms in total. The first kappa shape index (κ1) is 10.2. The zero-order chi connectivity index (χ0) is 10.9. The summed E-state index contributed by atoms with van der Waals surface area (Å²) in [7, 11) is 1.28. The van der Waals surface area contributed by atoms with E-state index in [1.165, 1.54) is 12.2 Å². The van der Waals surface area contributed by atoms with Crippen LogP contribution in [0.25, 0.3) is 0 Å². The summed E-state index contributed by atoms with van der Waals surface area (Å²) in [6.07, 6.45) is 7.14. The Morgan fingerprint density at radius 1 is 1.60 bits per heavy atom. The minimum absolute atomic E-state index is 0.187. The molecular weight excluding hydrogens is 196 g/mol. The SMILES string of the molecule is COC(=O)ON1CC2C=CC=CC2(N)C1. The van der Waals surface area contributed by atoms with E-state index in [1.54, 1.807) is 0 Å².